The Kier molecular flexibility index (Phi) is 5.08. The van der Waals surface area contributed by atoms with Crippen LogP contribution in [-0.4, -0.2) is 51.3 Å². The molecule has 2 aromatic heterocycles. The first kappa shape index (κ1) is 19.5. The molecule has 1 aliphatic rings. The number of hydrogen-bond acceptors (Lipinski definition) is 5. The van der Waals surface area contributed by atoms with Gasteiger partial charge in [-0.1, -0.05) is 0 Å². The Labute approximate surface area is 166 Å². The van der Waals surface area contributed by atoms with E-state index in [9.17, 15) is 18.3 Å². The molecule has 0 radical (unpaired) electrons. The summed E-state index contributed by atoms with van der Waals surface area (Å²) in [6, 6.07) is 6.39. The highest BCUT2D eigenvalue weighted by molar-refractivity contribution is 5.82. The second kappa shape index (κ2) is 7.55. The number of fused-ring (bicyclic) bond motifs is 1. The lowest BCUT2D eigenvalue weighted by Crippen LogP contribution is -2.35. The Morgan fingerprint density at radius 1 is 1.21 bits per heavy atom. The van der Waals surface area contributed by atoms with Crippen molar-refractivity contribution in [3.8, 4) is 16.9 Å². The van der Waals surface area contributed by atoms with Crippen LogP contribution in [0.3, 0.4) is 0 Å². The van der Waals surface area contributed by atoms with Crippen molar-refractivity contribution in [1.82, 2.24) is 19.5 Å². The third-order valence-electron chi connectivity index (χ3n) is 5.32. The minimum absolute atomic E-state index is 0.274. The second-order valence-electron chi connectivity index (χ2n) is 7.52. The predicted octanol–water partition coefficient (Wildman–Crippen LogP) is 3.87. The van der Waals surface area contributed by atoms with Crippen molar-refractivity contribution in [1.29, 1.82) is 0 Å². The predicted molar refractivity (Wildman–Crippen MR) is 104 cm³/mol. The number of phenolic OH excluding ortho intramolecular Hbond substituents is 1. The number of benzene rings is 1. The van der Waals surface area contributed by atoms with Gasteiger partial charge in [-0.05, 0) is 62.7 Å². The quantitative estimate of drug-likeness (QED) is 0.690. The van der Waals surface area contributed by atoms with E-state index in [0.717, 1.165) is 38.2 Å². The first-order valence-electron chi connectivity index (χ1n) is 9.49. The fraction of sp³-hybridized carbons (Fsp3) is 0.400. The third-order valence-corrected chi connectivity index (χ3v) is 5.32. The van der Waals surface area contributed by atoms with Gasteiger partial charge < -0.3 is 15.3 Å². The molecule has 9 heteroatoms. The van der Waals surface area contributed by atoms with Gasteiger partial charge in [-0.15, -0.1) is 10.2 Å². The number of aromatic nitrogens is 3. The summed E-state index contributed by atoms with van der Waals surface area (Å²) in [6.45, 7) is 2.90. The van der Waals surface area contributed by atoms with Gasteiger partial charge in [-0.2, -0.15) is 13.2 Å². The van der Waals surface area contributed by atoms with Crippen LogP contribution in [0.2, 0.25) is 0 Å². The van der Waals surface area contributed by atoms with Crippen LogP contribution in [0.4, 0.5) is 19.1 Å². The monoisotopic (exact) mass is 405 g/mol. The van der Waals surface area contributed by atoms with E-state index < -0.39 is 17.5 Å². The molecule has 0 amide bonds. The zero-order valence-corrected chi connectivity index (χ0v) is 15.9. The van der Waals surface area contributed by atoms with E-state index in [0.29, 0.717) is 23.1 Å². The van der Waals surface area contributed by atoms with Gasteiger partial charge in [0.25, 0.3) is 0 Å². The molecule has 6 nitrogen and oxygen atoms in total. The number of piperidine rings is 1. The molecule has 0 spiro atoms. The Hall–Kier alpha value is -2.81. The largest absolute Gasteiger partial charge is 0.507 e. The number of halogens is 3. The Bertz CT molecular complexity index is 1020. The summed E-state index contributed by atoms with van der Waals surface area (Å²) in [5.74, 6) is 0.639. The summed E-state index contributed by atoms with van der Waals surface area (Å²) in [4.78, 5) is 2.31. The van der Waals surface area contributed by atoms with Gasteiger partial charge in [-0.3, -0.25) is 4.40 Å². The fourth-order valence-corrected chi connectivity index (χ4v) is 3.86. The van der Waals surface area contributed by atoms with Crippen LogP contribution < -0.4 is 5.32 Å². The first-order valence-corrected chi connectivity index (χ1v) is 9.49. The number of rotatable bonds is 4. The topological polar surface area (TPSA) is 65.7 Å². The van der Waals surface area contributed by atoms with E-state index in [1.807, 2.05) is 0 Å². The SMILES string of the molecule is CN1CCC[C@H](CNc2nnc3c(-c4ccc(C(F)(F)F)cc4O)cccn23)C1. The molecule has 3 aromatic rings. The van der Waals surface area contributed by atoms with Crippen LogP contribution >= 0.6 is 0 Å². The van der Waals surface area contributed by atoms with Crippen molar-refractivity contribution >= 4 is 11.6 Å². The van der Waals surface area contributed by atoms with E-state index in [1.54, 1.807) is 22.7 Å². The second-order valence-corrected chi connectivity index (χ2v) is 7.52. The lowest BCUT2D eigenvalue weighted by molar-refractivity contribution is -0.137. The van der Waals surface area contributed by atoms with Crippen LogP contribution in [0.1, 0.15) is 18.4 Å². The maximum atomic E-state index is 12.9. The molecule has 0 unspecified atom stereocenters. The number of phenols is 1. The average Bonchev–Trinajstić information content (AvgIpc) is 3.09. The van der Waals surface area contributed by atoms with Gasteiger partial charge in [0.05, 0.1) is 5.56 Å². The van der Waals surface area contributed by atoms with E-state index in [-0.39, 0.29) is 5.56 Å². The maximum absolute atomic E-state index is 12.9. The molecule has 2 N–H and O–H groups in total. The summed E-state index contributed by atoms with van der Waals surface area (Å²) < 4.78 is 40.4. The highest BCUT2D eigenvalue weighted by Crippen LogP contribution is 2.37. The number of aromatic hydroxyl groups is 1. The molecule has 29 heavy (non-hydrogen) atoms. The summed E-state index contributed by atoms with van der Waals surface area (Å²) in [7, 11) is 2.11. The van der Waals surface area contributed by atoms with Crippen LogP contribution in [0.15, 0.2) is 36.5 Å². The summed E-state index contributed by atoms with van der Waals surface area (Å²) in [6.07, 6.45) is -0.407. The molecule has 1 saturated heterocycles. The van der Waals surface area contributed by atoms with E-state index in [2.05, 4.69) is 27.5 Å². The van der Waals surface area contributed by atoms with Crippen molar-refractivity contribution in [3.05, 3.63) is 42.1 Å². The Balaban J connectivity index is 1.61. The Morgan fingerprint density at radius 2 is 2.03 bits per heavy atom. The maximum Gasteiger partial charge on any atom is 0.416 e. The van der Waals surface area contributed by atoms with E-state index >= 15 is 0 Å². The van der Waals surface area contributed by atoms with Crippen molar-refractivity contribution in [2.45, 2.75) is 19.0 Å². The molecule has 1 aliphatic heterocycles. The van der Waals surface area contributed by atoms with Gasteiger partial charge in [-0.25, -0.2) is 0 Å². The molecule has 1 fully saturated rings. The van der Waals surface area contributed by atoms with E-state index in [1.165, 1.54) is 12.5 Å². The number of pyridine rings is 1. The first-order chi connectivity index (χ1) is 13.8. The molecular formula is C20H22F3N5O. The third kappa shape index (κ3) is 4.00. The fourth-order valence-electron chi connectivity index (χ4n) is 3.86. The van der Waals surface area contributed by atoms with Gasteiger partial charge >= 0.3 is 6.18 Å². The number of hydrogen-bond donors (Lipinski definition) is 2. The molecule has 154 valence electrons. The van der Waals surface area contributed by atoms with Gasteiger partial charge in [0.15, 0.2) is 5.65 Å². The zero-order chi connectivity index (χ0) is 20.6. The molecule has 4 rings (SSSR count). The lowest BCUT2D eigenvalue weighted by Gasteiger charge is -2.29. The number of nitrogens with zero attached hydrogens (tertiary/aromatic N) is 4. The van der Waals surface area contributed by atoms with Gasteiger partial charge in [0, 0.05) is 30.4 Å². The lowest BCUT2D eigenvalue weighted by atomic mass is 9.99. The molecule has 0 aliphatic carbocycles. The molecule has 0 bridgehead atoms. The molecule has 0 saturated carbocycles. The number of nitrogens with one attached hydrogen (secondary N) is 1. The number of anilines is 1. The zero-order valence-electron chi connectivity index (χ0n) is 15.9. The summed E-state index contributed by atoms with van der Waals surface area (Å²) >= 11 is 0. The molecule has 1 atom stereocenters. The molecule has 1 aromatic carbocycles. The highest BCUT2D eigenvalue weighted by Gasteiger charge is 2.31. The smallest absolute Gasteiger partial charge is 0.416 e. The molecule has 3 heterocycles. The number of likely N-dealkylation sites (tertiary alicyclic amines) is 1. The van der Waals surface area contributed by atoms with Gasteiger partial charge in [0.1, 0.15) is 5.75 Å². The normalized spacial score (nSPS) is 18.3. The van der Waals surface area contributed by atoms with Crippen molar-refractivity contribution < 1.29 is 18.3 Å². The van der Waals surface area contributed by atoms with E-state index in [4.69, 9.17) is 0 Å². The van der Waals surface area contributed by atoms with Crippen LogP contribution in [-0.2, 0) is 6.18 Å². The Morgan fingerprint density at radius 3 is 2.76 bits per heavy atom. The van der Waals surface area contributed by atoms with Crippen molar-refractivity contribution in [3.63, 3.8) is 0 Å². The van der Waals surface area contributed by atoms with Crippen molar-refractivity contribution in [2.24, 2.45) is 5.92 Å². The van der Waals surface area contributed by atoms with Crippen molar-refractivity contribution in [2.75, 3.05) is 32.0 Å². The van der Waals surface area contributed by atoms with Crippen LogP contribution in [0.25, 0.3) is 16.8 Å². The van der Waals surface area contributed by atoms with Crippen LogP contribution in [0, 0.1) is 5.92 Å². The minimum Gasteiger partial charge on any atom is -0.507 e. The summed E-state index contributed by atoms with van der Waals surface area (Å²) in [5.41, 5.74) is 0.353. The molecular weight excluding hydrogens is 383 g/mol. The minimum atomic E-state index is -4.51. The standard InChI is InChI=1S/C20H22F3N5O/c1-27-8-2-4-13(12-27)11-24-19-26-25-18-16(5-3-9-28(18)19)15-7-6-14(10-17(15)29)20(21,22)23/h3,5-7,9-10,13,29H,2,4,8,11-12H2,1H3,(H,24,26)/t13-/m1/s1. The summed E-state index contributed by atoms with van der Waals surface area (Å²) in [5, 5.41) is 21.9. The highest BCUT2D eigenvalue weighted by atomic mass is 19.4. The average molecular weight is 405 g/mol. The van der Waals surface area contributed by atoms with Gasteiger partial charge in [0.2, 0.25) is 5.95 Å². The van der Waals surface area contributed by atoms with Crippen LogP contribution in [0.5, 0.6) is 5.75 Å². The number of alkyl halides is 3.